The number of esters is 1. The Bertz CT molecular complexity index is 944. The fourth-order valence-electron chi connectivity index (χ4n) is 1.99. The predicted molar refractivity (Wildman–Crippen MR) is 94.3 cm³/mol. The van der Waals surface area contributed by atoms with Crippen molar-refractivity contribution in [1.29, 1.82) is 0 Å². The highest BCUT2D eigenvalue weighted by atomic mass is 35.5. The van der Waals surface area contributed by atoms with Crippen LogP contribution in [0.2, 0.25) is 5.15 Å². The second kappa shape index (κ2) is 7.45. The van der Waals surface area contributed by atoms with Crippen molar-refractivity contribution in [3.63, 3.8) is 0 Å². The molecule has 0 fully saturated rings. The first-order chi connectivity index (χ1) is 12.1. The Morgan fingerprint density at radius 2 is 2.16 bits per heavy atom. The zero-order valence-corrected chi connectivity index (χ0v) is 14.6. The van der Waals surface area contributed by atoms with E-state index in [1.54, 1.807) is 25.3 Å². The maximum Gasteiger partial charge on any atom is 0.341 e. The number of carbonyl (C=O) groups is 2. The number of nitrogens with zero attached hydrogens (tertiary/aromatic N) is 2. The average molecular weight is 378 g/mol. The van der Waals surface area contributed by atoms with Crippen LogP contribution in [0, 0.1) is 0 Å². The number of carbonyl (C=O) groups excluding carboxylic acids is 2. The summed E-state index contributed by atoms with van der Waals surface area (Å²) >= 11 is 7.10. The van der Waals surface area contributed by atoms with Crippen LogP contribution in [0.15, 0.2) is 36.5 Å². The summed E-state index contributed by atoms with van der Waals surface area (Å²) in [6.45, 7) is -0.455. The summed E-state index contributed by atoms with van der Waals surface area (Å²) in [6, 6.07) is 8.43. The van der Waals surface area contributed by atoms with Crippen molar-refractivity contribution < 1.29 is 19.1 Å². The summed E-state index contributed by atoms with van der Waals surface area (Å²) in [5.41, 5.74) is 0.837. The van der Waals surface area contributed by atoms with Gasteiger partial charge in [0.25, 0.3) is 5.91 Å². The summed E-state index contributed by atoms with van der Waals surface area (Å²) in [5.74, 6) is -0.516. The molecule has 0 spiro atoms. The van der Waals surface area contributed by atoms with Crippen molar-refractivity contribution in [2.45, 2.75) is 0 Å². The largest absolute Gasteiger partial charge is 0.497 e. The van der Waals surface area contributed by atoms with Crippen molar-refractivity contribution in [3.8, 4) is 5.75 Å². The van der Waals surface area contributed by atoms with E-state index in [0.29, 0.717) is 10.9 Å². The third kappa shape index (κ3) is 4.04. The van der Waals surface area contributed by atoms with Gasteiger partial charge in [0.1, 0.15) is 10.9 Å². The summed E-state index contributed by atoms with van der Waals surface area (Å²) < 4.78 is 11.0. The molecule has 2 heterocycles. The van der Waals surface area contributed by atoms with Crippen molar-refractivity contribution in [2.75, 3.05) is 19.0 Å². The normalized spacial score (nSPS) is 10.5. The average Bonchev–Trinajstić information content (AvgIpc) is 3.01. The summed E-state index contributed by atoms with van der Waals surface area (Å²) in [6.07, 6.45) is 1.45. The SMILES string of the molecule is COc1ccc2nc(NC(=O)COC(=O)c3cccnc3Cl)sc2c1. The first kappa shape index (κ1) is 17.1. The lowest BCUT2D eigenvalue weighted by atomic mass is 10.3. The quantitative estimate of drug-likeness (QED) is 0.542. The number of amides is 1. The molecule has 1 amide bonds. The molecule has 0 aliphatic rings. The number of aromatic nitrogens is 2. The zero-order valence-electron chi connectivity index (χ0n) is 13.0. The van der Waals surface area contributed by atoms with Gasteiger partial charge >= 0.3 is 5.97 Å². The first-order valence-electron chi connectivity index (χ1n) is 7.09. The van der Waals surface area contributed by atoms with E-state index in [1.165, 1.54) is 23.6 Å². The van der Waals surface area contributed by atoms with Crippen LogP contribution < -0.4 is 10.1 Å². The number of benzene rings is 1. The highest BCUT2D eigenvalue weighted by molar-refractivity contribution is 7.22. The second-order valence-electron chi connectivity index (χ2n) is 4.82. The predicted octanol–water partition coefficient (Wildman–Crippen LogP) is 3.15. The van der Waals surface area contributed by atoms with Crippen LogP contribution in [0.4, 0.5) is 5.13 Å². The van der Waals surface area contributed by atoms with E-state index >= 15 is 0 Å². The molecule has 25 heavy (non-hydrogen) atoms. The number of fused-ring (bicyclic) bond motifs is 1. The van der Waals surface area contributed by atoms with E-state index < -0.39 is 18.5 Å². The first-order valence-corrected chi connectivity index (χ1v) is 8.28. The molecule has 3 rings (SSSR count). The molecule has 0 aliphatic heterocycles. The van der Waals surface area contributed by atoms with Gasteiger partial charge in [-0.2, -0.15) is 0 Å². The van der Waals surface area contributed by atoms with Crippen LogP contribution in [-0.4, -0.2) is 35.6 Å². The molecule has 0 unspecified atom stereocenters. The Morgan fingerprint density at radius 3 is 2.92 bits per heavy atom. The number of halogens is 1. The van der Waals surface area contributed by atoms with Gasteiger partial charge < -0.3 is 9.47 Å². The van der Waals surface area contributed by atoms with E-state index in [2.05, 4.69) is 15.3 Å². The number of hydrogen-bond acceptors (Lipinski definition) is 7. The van der Waals surface area contributed by atoms with Gasteiger partial charge in [0.05, 0.1) is 22.9 Å². The fourth-order valence-corrected chi connectivity index (χ4v) is 3.09. The van der Waals surface area contributed by atoms with Crippen LogP contribution in [0.1, 0.15) is 10.4 Å². The topological polar surface area (TPSA) is 90.4 Å². The highest BCUT2D eigenvalue weighted by Crippen LogP contribution is 2.29. The summed E-state index contributed by atoms with van der Waals surface area (Å²) in [5, 5.41) is 3.02. The molecular formula is C16H12ClN3O4S. The minimum absolute atomic E-state index is 0.0213. The lowest BCUT2D eigenvalue weighted by molar-refractivity contribution is -0.119. The van der Waals surface area contributed by atoms with Gasteiger partial charge in [0.15, 0.2) is 11.7 Å². The molecule has 0 radical (unpaired) electrons. The van der Waals surface area contributed by atoms with Crippen molar-refractivity contribution >= 4 is 50.2 Å². The number of pyridine rings is 1. The Morgan fingerprint density at radius 1 is 1.32 bits per heavy atom. The van der Waals surface area contributed by atoms with Gasteiger partial charge in [-0.25, -0.2) is 14.8 Å². The molecule has 2 aromatic heterocycles. The maximum atomic E-state index is 11.9. The minimum Gasteiger partial charge on any atom is -0.497 e. The minimum atomic E-state index is -0.720. The van der Waals surface area contributed by atoms with E-state index in [9.17, 15) is 9.59 Å². The molecule has 128 valence electrons. The van der Waals surface area contributed by atoms with E-state index in [0.717, 1.165) is 10.2 Å². The highest BCUT2D eigenvalue weighted by Gasteiger charge is 2.15. The number of ether oxygens (including phenoxy) is 2. The van der Waals surface area contributed by atoms with Gasteiger partial charge in [-0.3, -0.25) is 10.1 Å². The maximum absolute atomic E-state index is 11.9. The fraction of sp³-hybridized carbons (Fsp3) is 0.125. The number of methoxy groups -OCH3 is 1. The Balaban J connectivity index is 1.61. The smallest absolute Gasteiger partial charge is 0.341 e. The molecule has 0 bridgehead atoms. The van der Waals surface area contributed by atoms with Crippen LogP contribution in [0.3, 0.4) is 0 Å². The summed E-state index contributed by atoms with van der Waals surface area (Å²) in [7, 11) is 1.58. The lowest BCUT2D eigenvalue weighted by Crippen LogP contribution is -2.21. The number of nitrogens with one attached hydrogen (secondary N) is 1. The number of anilines is 1. The number of rotatable bonds is 5. The second-order valence-corrected chi connectivity index (χ2v) is 6.21. The Kier molecular flexibility index (Phi) is 5.11. The third-order valence-corrected chi connectivity index (χ3v) is 4.39. The monoisotopic (exact) mass is 377 g/mol. The van der Waals surface area contributed by atoms with Crippen LogP contribution in [0.25, 0.3) is 10.2 Å². The molecular weight excluding hydrogens is 366 g/mol. The van der Waals surface area contributed by atoms with Crippen molar-refractivity contribution in [3.05, 3.63) is 47.2 Å². The lowest BCUT2D eigenvalue weighted by Gasteiger charge is -2.05. The molecule has 0 saturated heterocycles. The van der Waals surface area contributed by atoms with Crippen molar-refractivity contribution in [1.82, 2.24) is 9.97 Å². The van der Waals surface area contributed by atoms with Gasteiger partial charge in [0, 0.05) is 6.20 Å². The molecule has 0 atom stereocenters. The van der Waals surface area contributed by atoms with E-state index in [-0.39, 0.29) is 10.7 Å². The molecule has 9 heteroatoms. The Hall–Kier alpha value is -2.71. The van der Waals surface area contributed by atoms with Gasteiger partial charge in [0.2, 0.25) is 0 Å². The van der Waals surface area contributed by atoms with Crippen LogP contribution in [0.5, 0.6) is 5.75 Å². The Labute approximate surface area is 151 Å². The molecule has 1 aromatic carbocycles. The van der Waals surface area contributed by atoms with Crippen LogP contribution in [-0.2, 0) is 9.53 Å². The molecule has 3 aromatic rings. The summed E-state index contributed by atoms with van der Waals surface area (Å²) in [4.78, 5) is 31.9. The van der Waals surface area contributed by atoms with Crippen molar-refractivity contribution in [2.24, 2.45) is 0 Å². The van der Waals surface area contributed by atoms with E-state index in [1.807, 2.05) is 6.07 Å². The van der Waals surface area contributed by atoms with Gasteiger partial charge in [-0.15, -0.1) is 0 Å². The van der Waals surface area contributed by atoms with Gasteiger partial charge in [-0.05, 0) is 30.3 Å². The van der Waals surface area contributed by atoms with Gasteiger partial charge in [-0.1, -0.05) is 22.9 Å². The third-order valence-electron chi connectivity index (χ3n) is 3.16. The molecule has 1 N–H and O–H groups in total. The molecule has 0 saturated carbocycles. The standard InChI is InChI=1S/C16H12ClN3O4S/c1-23-9-4-5-11-12(7-9)25-16(19-11)20-13(21)8-24-15(22)10-3-2-6-18-14(10)17/h2-7H,8H2,1H3,(H,19,20,21). The molecule has 0 aliphatic carbocycles. The van der Waals surface area contributed by atoms with E-state index in [4.69, 9.17) is 21.1 Å². The zero-order chi connectivity index (χ0) is 17.8. The molecule has 7 nitrogen and oxygen atoms in total. The number of hydrogen-bond donors (Lipinski definition) is 1. The van der Waals surface area contributed by atoms with Crippen LogP contribution >= 0.6 is 22.9 Å². The number of thiazole rings is 1.